The molecule has 1 rings (SSSR count). The molecular weight excluding hydrogens is 214 g/mol. The molecule has 0 aromatic carbocycles. The van der Waals surface area contributed by atoms with Crippen LogP contribution in [-0.2, 0) is 0 Å². The third kappa shape index (κ3) is 3.57. The maximum absolute atomic E-state index is 9.07. The number of pyridine rings is 1. The first-order valence-electron chi connectivity index (χ1n) is 4.70. The number of halogens is 1. The van der Waals surface area contributed by atoms with E-state index in [0.717, 1.165) is 0 Å². The average Bonchev–Trinajstić information content (AvgIpc) is 2.16. The van der Waals surface area contributed by atoms with Gasteiger partial charge < -0.3 is 16.2 Å². The number of nitrogens with one attached hydrogen (secondary N) is 1. The summed E-state index contributed by atoms with van der Waals surface area (Å²) in [5.74, 6) is 0.590. The lowest BCUT2D eigenvalue weighted by molar-refractivity contribution is 0.170. The number of aromatic nitrogens is 1. The van der Waals surface area contributed by atoms with E-state index >= 15 is 0 Å². The van der Waals surface area contributed by atoms with E-state index < -0.39 is 0 Å². The smallest absolute Gasteiger partial charge is 0.144 e. The maximum Gasteiger partial charge on any atom is 0.144 e. The van der Waals surface area contributed by atoms with Gasteiger partial charge in [0.25, 0.3) is 0 Å². The van der Waals surface area contributed by atoms with E-state index in [0.29, 0.717) is 23.1 Å². The number of aliphatic hydroxyl groups excluding tert-OH is 1. The Hall–Kier alpha value is -1.00. The molecule has 0 aliphatic rings. The van der Waals surface area contributed by atoms with Gasteiger partial charge in [-0.1, -0.05) is 25.4 Å². The second kappa shape index (κ2) is 4.68. The third-order valence-electron chi connectivity index (χ3n) is 2.02. The van der Waals surface area contributed by atoms with E-state index in [1.165, 1.54) is 0 Å². The summed E-state index contributed by atoms with van der Waals surface area (Å²) in [5, 5.41) is 12.6. The number of aliphatic hydroxyl groups is 1. The molecule has 4 N–H and O–H groups in total. The van der Waals surface area contributed by atoms with E-state index in [1.807, 2.05) is 13.8 Å². The lowest BCUT2D eigenvalue weighted by Gasteiger charge is -2.22. The Labute approximate surface area is 94.5 Å². The minimum atomic E-state index is -0.202. The van der Waals surface area contributed by atoms with Gasteiger partial charge in [-0.05, 0) is 6.07 Å². The second-order valence-corrected chi connectivity index (χ2v) is 4.68. The predicted molar refractivity (Wildman–Crippen MR) is 63.0 cm³/mol. The Bertz CT molecular complexity index is 341. The van der Waals surface area contributed by atoms with Crippen molar-refractivity contribution < 1.29 is 5.11 Å². The normalized spacial score (nSPS) is 11.5. The molecule has 15 heavy (non-hydrogen) atoms. The van der Waals surface area contributed by atoms with Crippen molar-refractivity contribution in [1.29, 1.82) is 0 Å². The Morgan fingerprint density at radius 1 is 1.60 bits per heavy atom. The first-order valence-corrected chi connectivity index (χ1v) is 5.08. The van der Waals surface area contributed by atoms with Crippen LogP contribution in [0.15, 0.2) is 12.3 Å². The van der Waals surface area contributed by atoms with E-state index in [-0.39, 0.29) is 12.0 Å². The molecule has 0 amide bonds. The lowest BCUT2D eigenvalue weighted by atomic mass is 9.95. The van der Waals surface area contributed by atoms with Gasteiger partial charge in [0.1, 0.15) is 5.82 Å². The molecule has 1 heterocycles. The zero-order valence-electron chi connectivity index (χ0n) is 8.92. The van der Waals surface area contributed by atoms with Crippen LogP contribution in [0.1, 0.15) is 13.8 Å². The Balaban J connectivity index is 2.66. The zero-order valence-corrected chi connectivity index (χ0v) is 9.67. The van der Waals surface area contributed by atoms with Gasteiger partial charge in [0.05, 0.1) is 16.9 Å². The van der Waals surface area contributed by atoms with Crippen molar-refractivity contribution in [3.63, 3.8) is 0 Å². The summed E-state index contributed by atoms with van der Waals surface area (Å²) in [6, 6.07) is 1.64. The number of nitrogens with two attached hydrogens (primary N) is 1. The maximum atomic E-state index is 9.07. The van der Waals surface area contributed by atoms with Crippen LogP contribution in [0.4, 0.5) is 11.5 Å². The number of hydrogen-bond acceptors (Lipinski definition) is 4. The van der Waals surface area contributed by atoms with Gasteiger partial charge in [-0.15, -0.1) is 0 Å². The van der Waals surface area contributed by atoms with Gasteiger partial charge >= 0.3 is 0 Å². The zero-order chi connectivity index (χ0) is 11.5. The van der Waals surface area contributed by atoms with Crippen molar-refractivity contribution in [2.24, 2.45) is 5.41 Å². The molecule has 4 nitrogen and oxygen atoms in total. The molecule has 0 saturated heterocycles. The van der Waals surface area contributed by atoms with Crippen LogP contribution in [0.3, 0.4) is 0 Å². The van der Waals surface area contributed by atoms with Crippen LogP contribution >= 0.6 is 11.6 Å². The second-order valence-electron chi connectivity index (χ2n) is 4.27. The highest BCUT2D eigenvalue weighted by Crippen LogP contribution is 2.22. The van der Waals surface area contributed by atoms with Gasteiger partial charge in [-0.2, -0.15) is 0 Å². The van der Waals surface area contributed by atoms with E-state index in [2.05, 4.69) is 10.3 Å². The number of nitrogen functional groups attached to an aromatic ring is 1. The van der Waals surface area contributed by atoms with Crippen molar-refractivity contribution in [1.82, 2.24) is 4.98 Å². The molecular formula is C10H16ClN3O. The number of nitrogens with zero attached hydrogens (tertiary/aromatic N) is 1. The fourth-order valence-electron chi connectivity index (χ4n) is 0.962. The van der Waals surface area contributed by atoms with Crippen molar-refractivity contribution in [3.8, 4) is 0 Å². The van der Waals surface area contributed by atoms with Crippen LogP contribution in [0.2, 0.25) is 5.02 Å². The predicted octanol–water partition coefficient (Wildman–Crippen LogP) is 1.75. The minimum absolute atomic E-state index is 0.104. The molecule has 84 valence electrons. The van der Waals surface area contributed by atoms with Gasteiger partial charge in [0.15, 0.2) is 0 Å². The quantitative estimate of drug-likeness (QED) is 0.736. The highest BCUT2D eigenvalue weighted by molar-refractivity contribution is 6.33. The van der Waals surface area contributed by atoms with Crippen molar-refractivity contribution in [2.75, 3.05) is 24.2 Å². The fraction of sp³-hybridized carbons (Fsp3) is 0.500. The molecule has 0 spiro atoms. The highest BCUT2D eigenvalue weighted by atomic mass is 35.5. The Kier molecular flexibility index (Phi) is 3.77. The van der Waals surface area contributed by atoms with Crippen molar-refractivity contribution in [2.45, 2.75) is 13.8 Å². The molecule has 0 unspecified atom stereocenters. The van der Waals surface area contributed by atoms with Gasteiger partial charge in [0, 0.05) is 18.6 Å². The highest BCUT2D eigenvalue weighted by Gasteiger charge is 2.16. The van der Waals surface area contributed by atoms with Crippen LogP contribution in [-0.4, -0.2) is 23.2 Å². The standard InChI is InChI=1S/C10H16ClN3O/c1-10(2,6-15)5-14-9-8(11)3-7(12)4-13-9/h3-4,15H,5-6,12H2,1-2H3,(H,13,14). The first-order chi connectivity index (χ1) is 6.94. The molecule has 1 aromatic heterocycles. The van der Waals surface area contributed by atoms with Crippen LogP contribution in [0.25, 0.3) is 0 Å². The van der Waals surface area contributed by atoms with Crippen LogP contribution < -0.4 is 11.1 Å². The summed E-state index contributed by atoms with van der Waals surface area (Å²) in [7, 11) is 0. The monoisotopic (exact) mass is 229 g/mol. The van der Waals surface area contributed by atoms with Crippen LogP contribution in [0, 0.1) is 5.41 Å². The molecule has 0 bridgehead atoms. The summed E-state index contributed by atoms with van der Waals surface area (Å²) >= 11 is 5.93. The summed E-state index contributed by atoms with van der Waals surface area (Å²) in [4.78, 5) is 4.07. The molecule has 0 fully saturated rings. The summed E-state index contributed by atoms with van der Waals surface area (Å²) < 4.78 is 0. The molecule has 0 saturated carbocycles. The SMILES string of the molecule is CC(C)(CO)CNc1ncc(N)cc1Cl. The molecule has 0 aliphatic heterocycles. The summed E-state index contributed by atoms with van der Waals surface area (Å²) in [6.45, 7) is 4.60. The van der Waals surface area contributed by atoms with E-state index in [4.69, 9.17) is 22.4 Å². The molecule has 0 radical (unpaired) electrons. The van der Waals surface area contributed by atoms with Gasteiger partial charge in [-0.25, -0.2) is 4.98 Å². The molecule has 0 aliphatic carbocycles. The number of rotatable bonds is 4. The van der Waals surface area contributed by atoms with Crippen molar-refractivity contribution in [3.05, 3.63) is 17.3 Å². The molecule has 0 atom stereocenters. The number of anilines is 2. The molecule has 1 aromatic rings. The van der Waals surface area contributed by atoms with E-state index in [1.54, 1.807) is 12.3 Å². The van der Waals surface area contributed by atoms with Crippen molar-refractivity contribution >= 4 is 23.1 Å². The van der Waals surface area contributed by atoms with Gasteiger partial charge in [0.2, 0.25) is 0 Å². The number of hydrogen-bond donors (Lipinski definition) is 3. The lowest BCUT2D eigenvalue weighted by Crippen LogP contribution is -2.27. The first kappa shape index (κ1) is 12.1. The Morgan fingerprint density at radius 2 is 2.27 bits per heavy atom. The summed E-state index contributed by atoms with van der Waals surface area (Å²) in [5.41, 5.74) is 5.85. The largest absolute Gasteiger partial charge is 0.397 e. The van der Waals surface area contributed by atoms with Gasteiger partial charge in [-0.3, -0.25) is 0 Å². The third-order valence-corrected chi connectivity index (χ3v) is 2.31. The average molecular weight is 230 g/mol. The molecule has 5 heteroatoms. The minimum Gasteiger partial charge on any atom is -0.397 e. The Morgan fingerprint density at radius 3 is 2.80 bits per heavy atom. The topological polar surface area (TPSA) is 71.2 Å². The van der Waals surface area contributed by atoms with Crippen LogP contribution in [0.5, 0.6) is 0 Å². The van der Waals surface area contributed by atoms with E-state index in [9.17, 15) is 0 Å². The fourth-order valence-corrected chi connectivity index (χ4v) is 1.20. The summed E-state index contributed by atoms with van der Waals surface area (Å²) in [6.07, 6.45) is 1.54.